The second-order valence-electron chi connectivity index (χ2n) is 11.7. The Morgan fingerprint density at radius 1 is 0.950 bits per heavy atom. The second kappa shape index (κ2) is 13.0. The molecule has 0 radical (unpaired) electrons. The largest absolute Gasteiger partial charge is 0.507 e. The monoisotopic (exact) mass is 584 g/mol. The van der Waals surface area contributed by atoms with Crippen LogP contribution in [0.4, 0.5) is 0 Å². The van der Waals surface area contributed by atoms with Gasteiger partial charge in [0, 0.05) is 22.0 Å². The van der Waals surface area contributed by atoms with Gasteiger partial charge in [0.25, 0.3) is 0 Å². The van der Waals surface area contributed by atoms with E-state index in [0.29, 0.717) is 39.3 Å². The van der Waals surface area contributed by atoms with Crippen LogP contribution in [0.25, 0.3) is 0 Å². The molecular formula is C32H38Cl2N2O4. The highest BCUT2D eigenvalue weighted by Gasteiger charge is 2.26. The Labute approximate surface area is 247 Å². The molecule has 1 amide bonds. The standard InChI is InChI=1S/C32H38Cl2N2O4/c1-31(2,3)23-15-20(16-24(30(23)38)32(4,5)6)12-14-29(37)36-35-18-21-11-13-27(28(17-21)39-7)40-19-22-25(33)9-8-10-26(22)34/h8-11,13,15-18,38H,12,14,19H2,1-7H3,(H,36,37)/b35-18-. The summed E-state index contributed by atoms with van der Waals surface area (Å²) in [5, 5.41) is 16.1. The van der Waals surface area contributed by atoms with E-state index in [4.69, 9.17) is 32.7 Å². The third-order valence-electron chi connectivity index (χ3n) is 6.45. The molecule has 0 unspecified atom stereocenters. The summed E-state index contributed by atoms with van der Waals surface area (Å²) < 4.78 is 11.4. The number of ether oxygens (including phenoxy) is 2. The van der Waals surface area contributed by atoms with Gasteiger partial charge < -0.3 is 14.6 Å². The van der Waals surface area contributed by atoms with Gasteiger partial charge in [-0.05, 0) is 69.8 Å². The van der Waals surface area contributed by atoms with Gasteiger partial charge in [0.05, 0.1) is 13.3 Å². The lowest BCUT2D eigenvalue weighted by Gasteiger charge is -2.28. The average Bonchev–Trinajstić information content (AvgIpc) is 2.86. The number of rotatable bonds is 9. The van der Waals surface area contributed by atoms with Crippen LogP contribution in [0, 0.1) is 0 Å². The zero-order valence-corrected chi connectivity index (χ0v) is 25.7. The fourth-order valence-corrected chi connectivity index (χ4v) is 4.69. The van der Waals surface area contributed by atoms with Crippen molar-refractivity contribution < 1.29 is 19.4 Å². The molecule has 0 saturated heterocycles. The van der Waals surface area contributed by atoms with E-state index in [2.05, 4.69) is 52.1 Å². The number of phenols is 1. The lowest BCUT2D eigenvalue weighted by atomic mass is 9.78. The maximum atomic E-state index is 12.5. The molecule has 0 atom stereocenters. The van der Waals surface area contributed by atoms with E-state index in [1.807, 2.05) is 12.1 Å². The molecular weight excluding hydrogens is 547 g/mol. The SMILES string of the molecule is COc1cc(/C=N\NC(=O)CCc2cc(C(C)(C)C)c(O)c(C(C)(C)C)c2)ccc1OCc1c(Cl)cccc1Cl. The average molecular weight is 586 g/mol. The molecule has 214 valence electrons. The molecule has 0 bridgehead atoms. The molecule has 0 aromatic heterocycles. The number of aryl methyl sites for hydroxylation is 1. The number of carbonyl (C=O) groups excluding carboxylic acids is 1. The molecule has 40 heavy (non-hydrogen) atoms. The highest BCUT2D eigenvalue weighted by molar-refractivity contribution is 6.35. The number of carbonyl (C=O) groups is 1. The Bertz CT molecular complexity index is 1330. The Hall–Kier alpha value is -3.22. The lowest BCUT2D eigenvalue weighted by molar-refractivity contribution is -0.121. The summed E-state index contributed by atoms with van der Waals surface area (Å²) in [7, 11) is 1.55. The summed E-state index contributed by atoms with van der Waals surface area (Å²) in [5.41, 5.74) is 6.32. The molecule has 6 nitrogen and oxygen atoms in total. The number of hydrazone groups is 1. The van der Waals surface area contributed by atoms with Gasteiger partial charge in [-0.25, -0.2) is 5.43 Å². The highest BCUT2D eigenvalue weighted by atomic mass is 35.5. The van der Waals surface area contributed by atoms with Gasteiger partial charge in [-0.1, -0.05) is 82.9 Å². The third-order valence-corrected chi connectivity index (χ3v) is 7.16. The zero-order valence-electron chi connectivity index (χ0n) is 24.2. The van der Waals surface area contributed by atoms with Crippen molar-refractivity contribution in [2.45, 2.75) is 71.8 Å². The first-order valence-electron chi connectivity index (χ1n) is 13.1. The minimum atomic E-state index is -0.226. The fourth-order valence-electron chi connectivity index (χ4n) is 4.18. The summed E-state index contributed by atoms with van der Waals surface area (Å²) in [6.07, 6.45) is 2.34. The number of aromatic hydroxyl groups is 1. The van der Waals surface area contributed by atoms with Crippen molar-refractivity contribution in [2.75, 3.05) is 7.11 Å². The lowest BCUT2D eigenvalue weighted by Crippen LogP contribution is -2.20. The molecule has 0 spiro atoms. The summed E-state index contributed by atoms with van der Waals surface area (Å²) in [5.74, 6) is 1.16. The smallest absolute Gasteiger partial charge is 0.240 e. The van der Waals surface area contributed by atoms with Crippen molar-refractivity contribution in [3.63, 3.8) is 0 Å². The number of hydrogen-bond donors (Lipinski definition) is 2. The number of nitrogens with one attached hydrogen (secondary N) is 1. The predicted molar refractivity (Wildman–Crippen MR) is 163 cm³/mol. The third kappa shape index (κ3) is 8.15. The second-order valence-corrected chi connectivity index (χ2v) is 12.5. The number of amides is 1. The molecule has 3 aromatic rings. The molecule has 8 heteroatoms. The van der Waals surface area contributed by atoms with Crippen LogP contribution in [0.15, 0.2) is 53.6 Å². The van der Waals surface area contributed by atoms with E-state index in [1.165, 1.54) is 0 Å². The molecule has 0 aliphatic carbocycles. The number of benzene rings is 3. The Morgan fingerprint density at radius 2 is 1.55 bits per heavy atom. The molecule has 0 aliphatic heterocycles. The van der Waals surface area contributed by atoms with E-state index in [-0.39, 0.29) is 29.8 Å². The summed E-state index contributed by atoms with van der Waals surface area (Å²) in [6.45, 7) is 12.6. The quantitative estimate of drug-likeness (QED) is 0.197. The first kappa shape index (κ1) is 31.3. The van der Waals surface area contributed by atoms with Crippen molar-refractivity contribution in [3.05, 3.63) is 86.4 Å². The molecule has 0 saturated carbocycles. The number of nitrogens with zero attached hydrogens (tertiary/aromatic N) is 1. The molecule has 0 heterocycles. The highest BCUT2D eigenvalue weighted by Crippen LogP contribution is 2.40. The van der Waals surface area contributed by atoms with Crippen LogP contribution < -0.4 is 14.9 Å². The summed E-state index contributed by atoms with van der Waals surface area (Å²) in [6, 6.07) is 14.6. The number of halogens is 2. The van der Waals surface area contributed by atoms with Crippen LogP contribution in [-0.2, 0) is 28.7 Å². The molecule has 2 N–H and O–H groups in total. The van der Waals surface area contributed by atoms with Gasteiger partial charge in [0.2, 0.25) is 5.91 Å². The Kier molecular flexibility index (Phi) is 10.1. The molecule has 0 fully saturated rings. The van der Waals surface area contributed by atoms with Gasteiger partial charge >= 0.3 is 0 Å². The minimum Gasteiger partial charge on any atom is -0.507 e. The van der Waals surface area contributed by atoms with Crippen molar-refractivity contribution in [3.8, 4) is 17.2 Å². The molecule has 3 rings (SSSR count). The van der Waals surface area contributed by atoms with Crippen molar-refractivity contribution in [1.29, 1.82) is 0 Å². The van der Waals surface area contributed by atoms with Crippen LogP contribution in [0.1, 0.15) is 75.8 Å². The summed E-state index contributed by atoms with van der Waals surface area (Å²) in [4.78, 5) is 12.5. The van der Waals surface area contributed by atoms with Gasteiger partial charge in [-0.3, -0.25) is 4.79 Å². The van der Waals surface area contributed by atoms with Crippen LogP contribution in [-0.4, -0.2) is 24.3 Å². The number of methoxy groups -OCH3 is 1. The topological polar surface area (TPSA) is 80.2 Å². The first-order chi connectivity index (χ1) is 18.7. The minimum absolute atomic E-state index is 0.188. The summed E-state index contributed by atoms with van der Waals surface area (Å²) >= 11 is 12.5. The van der Waals surface area contributed by atoms with Crippen LogP contribution in [0.5, 0.6) is 17.2 Å². The van der Waals surface area contributed by atoms with Crippen LogP contribution >= 0.6 is 23.2 Å². The van der Waals surface area contributed by atoms with Gasteiger partial charge in [0.1, 0.15) is 12.4 Å². The maximum absolute atomic E-state index is 12.5. The molecule has 3 aromatic carbocycles. The predicted octanol–water partition coefficient (Wildman–Crippen LogP) is 7.96. The van der Waals surface area contributed by atoms with Gasteiger partial charge in [-0.2, -0.15) is 5.10 Å². The number of hydrogen-bond acceptors (Lipinski definition) is 5. The van der Waals surface area contributed by atoms with Crippen molar-refractivity contribution >= 4 is 35.3 Å². The zero-order chi connectivity index (χ0) is 29.7. The van der Waals surface area contributed by atoms with E-state index in [9.17, 15) is 9.90 Å². The van der Waals surface area contributed by atoms with Gasteiger partial charge in [-0.15, -0.1) is 0 Å². The fraction of sp³-hybridized carbons (Fsp3) is 0.375. The van der Waals surface area contributed by atoms with E-state index < -0.39 is 0 Å². The Balaban J connectivity index is 1.63. The van der Waals surface area contributed by atoms with Crippen LogP contribution in [0.2, 0.25) is 10.0 Å². The number of phenolic OH excluding ortho intramolecular Hbond substituents is 1. The van der Waals surface area contributed by atoms with E-state index in [0.717, 1.165) is 22.3 Å². The van der Waals surface area contributed by atoms with Crippen molar-refractivity contribution in [1.82, 2.24) is 5.43 Å². The van der Waals surface area contributed by atoms with Gasteiger partial charge in [0.15, 0.2) is 11.5 Å². The van der Waals surface area contributed by atoms with Crippen LogP contribution in [0.3, 0.4) is 0 Å². The van der Waals surface area contributed by atoms with E-state index >= 15 is 0 Å². The van der Waals surface area contributed by atoms with E-state index in [1.54, 1.807) is 49.7 Å². The molecule has 0 aliphatic rings. The van der Waals surface area contributed by atoms with Crippen molar-refractivity contribution in [2.24, 2.45) is 5.10 Å². The normalized spacial score (nSPS) is 12.0. The first-order valence-corrected chi connectivity index (χ1v) is 13.9. The Morgan fingerprint density at radius 3 is 2.10 bits per heavy atom. The maximum Gasteiger partial charge on any atom is 0.240 e.